The van der Waals surface area contributed by atoms with Gasteiger partial charge in [-0.1, -0.05) is 12.5 Å². The summed E-state index contributed by atoms with van der Waals surface area (Å²) < 4.78 is 0. The summed E-state index contributed by atoms with van der Waals surface area (Å²) in [5.41, 5.74) is 0. The van der Waals surface area contributed by atoms with E-state index in [-0.39, 0.29) is 0 Å². The van der Waals surface area contributed by atoms with Gasteiger partial charge >= 0.3 is 0 Å². The highest BCUT2D eigenvalue weighted by atomic mass is 15.2. The molecule has 1 N–H and O–H groups in total. The minimum Gasteiger partial charge on any atom is -0.373 e. The molecule has 3 heteroatoms. The Morgan fingerprint density at radius 2 is 2.25 bits per heavy atom. The van der Waals surface area contributed by atoms with E-state index in [1.54, 1.807) is 0 Å². The van der Waals surface area contributed by atoms with E-state index in [0.717, 1.165) is 30.6 Å². The molecule has 0 saturated heterocycles. The first kappa shape index (κ1) is 11.2. The van der Waals surface area contributed by atoms with Crippen LogP contribution >= 0.6 is 0 Å². The molecule has 1 saturated carbocycles. The molecule has 0 bridgehead atoms. The molecular formula is C13H21N3. The predicted octanol–water partition coefficient (Wildman–Crippen LogP) is 2.75. The third-order valence-electron chi connectivity index (χ3n) is 3.40. The number of nitrogens with one attached hydrogen (secondary N) is 1. The fraction of sp³-hybridized carbons (Fsp3) is 0.615. The van der Waals surface area contributed by atoms with Crippen molar-refractivity contribution in [2.24, 2.45) is 5.92 Å². The number of anilines is 2. The minimum atomic E-state index is 0.889. The molecule has 3 nitrogen and oxygen atoms in total. The van der Waals surface area contributed by atoms with Crippen LogP contribution in [-0.2, 0) is 0 Å². The van der Waals surface area contributed by atoms with Crippen LogP contribution in [0.25, 0.3) is 0 Å². The van der Waals surface area contributed by atoms with Crippen LogP contribution in [0.3, 0.4) is 0 Å². The molecule has 2 rings (SSSR count). The minimum absolute atomic E-state index is 0.889. The van der Waals surface area contributed by atoms with Gasteiger partial charge in [-0.25, -0.2) is 4.98 Å². The monoisotopic (exact) mass is 219 g/mol. The Balaban J connectivity index is 2.05. The van der Waals surface area contributed by atoms with E-state index in [4.69, 9.17) is 0 Å². The van der Waals surface area contributed by atoms with Gasteiger partial charge in [-0.3, -0.25) is 0 Å². The van der Waals surface area contributed by atoms with Gasteiger partial charge in [0, 0.05) is 20.1 Å². The van der Waals surface area contributed by atoms with Crippen LogP contribution in [0.15, 0.2) is 18.2 Å². The van der Waals surface area contributed by atoms with E-state index in [0.29, 0.717) is 0 Å². The zero-order valence-corrected chi connectivity index (χ0v) is 10.2. The second kappa shape index (κ2) is 5.19. The molecule has 1 aliphatic carbocycles. The van der Waals surface area contributed by atoms with Gasteiger partial charge in [0.25, 0.3) is 0 Å². The lowest BCUT2D eigenvalue weighted by Gasteiger charge is -2.32. The molecule has 0 unspecified atom stereocenters. The molecule has 1 aliphatic rings. The summed E-state index contributed by atoms with van der Waals surface area (Å²) in [4.78, 5) is 6.97. The lowest BCUT2D eigenvalue weighted by atomic mass is 9.85. The van der Waals surface area contributed by atoms with E-state index < -0.39 is 0 Å². The Hall–Kier alpha value is -1.25. The summed E-state index contributed by atoms with van der Waals surface area (Å²) in [5.74, 6) is 2.94. The second-order valence-electron chi connectivity index (χ2n) is 4.47. The second-order valence-corrected chi connectivity index (χ2v) is 4.47. The van der Waals surface area contributed by atoms with Gasteiger partial charge in [-0.2, -0.15) is 0 Å². The van der Waals surface area contributed by atoms with Crippen LogP contribution < -0.4 is 10.2 Å². The fourth-order valence-corrected chi connectivity index (χ4v) is 2.11. The number of aromatic nitrogens is 1. The summed E-state index contributed by atoms with van der Waals surface area (Å²) in [6.45, 7) is 4.40. The first-order valence-electron chi connectivity index (χ1n) is 6.23. The quantitative estimate of drug-likeness (QED) is 0.825. The van der Waals surface area contributed by atoms with E-state index >= 15 is 0 Å². The van der Waals surface area contributed by atoms with Gasteiger partial charge in [0.2, 0.25) is 0 Å². The average molecular weight is 219 g/mol. The third kappa shape index (κ3) is 2.46. The SMILES string of the molecule is CCN(CC1CCC1)c1cccc(NC)n1. The molecule has 1 heterocycles. The highest BCUT2D eigenvalue weighted by Gasteiger charge is 2.20. The highest BCUT2D eigenvalue weighted by Crippen LogP contribution is 2.28. The van der Waals surface area contributed by atoms with Gasteiger partial charge in [-0.05, 0) is 37.8 Å². The standard InChI is InChI=1S/C13H21N3/c1-3-16(10-11-6-4-7-11)13-9-5-8-12(14-2)15-13/h5,8-9,11H,3-4,6-7,10H2,1-2H3,(H,14,15). The van der Waals surface area contributed by atoms with Crippen molar-refractivity contribution in [3.63, 3.8) is 0 Å². The maximum absolute atomic E-state index is 4.59. The summed E-state index contributed by atoms with van der Waals surface area (Å²) >= 11 is 0. The number of rotatable bonds is 5. The Kier molecular flexibility index (Phi) is 3.65. The number of pyridine rings is 1. The molecular weight excluding hydrogens is 198 g/mol. The summed E-state index contributed by atoms with van der Waals surface area (Å²) in [7, 11) is 1.91. The molecule has 1 fully saturated rings. The van der Waals surface area contributed by atoms with E-state index in [1.807, 2.05) is 13.1 Å². The topological polar surface area (TPSA) is 28.2 Å². The van der Waals surface area contributed by atoms with E-state index in [1.165, 1.54) is 19.3 Å². The van der Waals surface area contributed by atoms with E-state index in [2.05, 4.69) is 34.3 Å². The summed E-state index contributed by atoms with van der Waals surface area (Å²) in [6.07, 6.45) is 4.19. The van der Waals surface area contributed by atoms with Crippen LogP contribution in [-0.4, -0.2) is 25.1 Å². The maximum atomic E-state index is 4.59. The highest BCUT2D eigenvalue weighted by molar-refractivity contribution is 5.46. The van der Waals surface area contributed by atoms with Crippen molar-refractivity contribution in [1.82, 2.24) is 4.98 Å². The number of hydrogen-bond donors (Lipinski definition) is 1. The normalized spacial score (nSPS) is 15.6. The first-order valence-corrected chi connectivity index (χ1v) is 6.23. The molecule has 0 atom stereocenters. The molecule has 0 aromatic carbocycles. The molecule has 0 amide bonds. The molecule has 0 radical (unpaired) electrons. The number of nitrogens with zero attached hydrogens (tertiary/aromatic N) is 2. The Morgan fingerprint density at radius 1 is 1.44 bits per heavy atom. The van der Waals surface area contributed by atoms with Gasteiger partial charge < -0.3 is 10.2 Å². The average Bonchev–Trinajstić information content (AvgIpc) is 2.28. The molecule has 1 aromatic rings. The lowest BCUT2D eigenvalue weighted by Crippen LogP contribution is -2.33. The van der Waals surface area contributed by atoms with Crippen molar-refractivity contribution < 1.29 is 0 Å². The van der Waals surface area contributed by atoms with Crippen LogP contribution in [0.5, 0.6) is 0 Å². The van der Waals surface area contributed by atoms with E-state index in [9.17, 15) is 0 Å². The Labute approximate surface area is 97.9 Å². The zero-order chi connectivity index (χ0) is 11.4. The van der Waals surface area contributed by atoms with Crippen LogP contribution in [0, 0.1) is 5.92 Å². The molecule has 0 spiro atoms. The largest absolute Gasteiger partial charge is 0.373 e. The van der Waals surface area contributed by atoms with Gasteiger partial charge in [0.1, 0.15) is 11.6 Å². The van der Waals surface area contributed by atoms with Crippen LogP contribution in [0.4, 0.5) is 11.6 Å². The van der Waals surface area contributed by atoms with Crippen LogP contribution in [0.2, 0.25) is 0 Å². The third-order valence-corrected chi connectivity index (χ3v) is 3.40. The molecule has 16 heavy (non-hydrogen) atoms. The van der Waals surface area contributed by atoms with Crippen molar-refractivity contribution in [2.45, 2.75) is 26.2 Å². The van der Waals surface area contributed by atoms with Crippen molar-refractivity contribution in [2.75, 3.05) is 30.4 Å². The smallest absolute Gasteiger partial charge is 0.130 e. The fourth-order valence-electron chi connectivity index (χ4n) is 2.11. The number of hydrogen-bond acceptors (Lipinski definition) is 3. The predicted molar refractivity (Wildman–Crippen MR) is 69.0 cm³/mol. The maximum Gasteiger partial charge on any atom is 0.130 e. The Morgan fingerprint density at radius 3 is 2.81 bits per heavy atom. The summed E-state index contributed by atoms with van der Waals surface area (Å²) in [5, 5.41) is 3.09. The van der Waals surface area contributed by atoms with Crippen molar-refractivity contribution in [3.8, 4) is 0 Å². The van der Waals surface area contributed by atoms with Crippen molar-refractivity contribution in [3.05, 3.63) is 18.2 Å². The molecule has 88 valence electrons. The Bertz CT molecular complexity index is 334. The zero-order valence-electron chi connectivity index (χ0n) is 10.2. The van der Waals surface area contributed by atoms with Crippen molar-refractivity contribution in [1.29, 1.82) is 0 Å². The molecule has 0 aliphatic heterocycles. The van der Waals surface area contributed by atoms with Gasteiger partial charge in [0.05, 0.1) is 0 Å². The van der Waals surface area contributed by atoms with Crippen molar-refractivity contribution >= 4 is 11.6 Å². The first-order chi connectivity index (χ1) is 7.83. The van der Waals surface area contributed by atoms with Crippen LogP contribution in [0.1, 0.15) is 26.2 Å². The summed E-state index contributed by atoms with van der Waals surface area (Å²) in [6, 6.07) is 6.17. The van der Waals surface area contributed by atoms with Gasteiger partial charge in [0.15, 0.2) is 0 Å². The van der Waals surface area contributed by atoms with Gasteiger partial charge in [-0.15, -0.1) is 0 Å². The molecule has 1 aromatic heterocycles. The lowest BCUT2D eigenvalue weighted by molar-refractivity contribution is 0.318.